The number of likely N-dealkylation sites (tertiary alicyclic amines) is 1. The van der Waals surface area contributed by atoms with Crippen LogP contribution in [0.3, 0.4) is 0 Å². The normalized spacial score (nSPS) is 22.3. The van der Waals surface area contributed by atoms with Crippen LogP contribution in [0.5, 0.6) is 0 Å². The van der Waals surface area contributed by atoms with Crippen LogP contribution in [0.15, 0.2) is 12.1 Å². The summed E-state index contributed by atoms with van der Waals surface area (Å²) < 4.78 is 0. The first-order valence-electron chi connectivity index (χ1n) is 7.47. The van der Waals surface area contributed by atoms with Gasteiger partial charge in [0, 0.05) is 29.3 Å². The molecule has 21 heavy (non-hydrogen) atoms. The molecule has 1 N–H and O–H groups in total. The number of piperidine rings is 1. The lowest BCUT2D eigenvalue weighted by Gasteiger charge is -2.37. The highest BCUT2D eigenvalue weighted by Crippen LogP contribution is 2.30. The number of carboxylic acid groups (broad SMARTS) is 1. The third kappa shape index (κ3) is 4.06. The Hall–Kier alpha value is -1.36. The number of carboxylic acids is 1. The molecule has 0 aromatic carbocycles. The van der Waals surface area contributed by atoms with Crippen molar-refractivity contribution < 1.29 is 14.7 Å². The summed E-state index contributed by atoms with van der Waals surface area (Å²) in [5.74, 6) is -0.704. The van der Waals surface area contributed by atoms with Crippen molar-refractivity contribution in [2.24, 2.45) is 5.41 Å². The first kappa shape index (κ1) is 16.0. The van der Waals surface area contributed by atoms with Gasteiger partial charge in [0.25, 0.3) is 0 Å². The van der Waals surface area contributed by atoms with Gasteiger partial charge in [-0.3, -0.25) is 9.59 Å². The van der Waals surface area contributed by atoms with Gasteiger partial charge >= 0.3 is 5.97 Å². The molecule has 1 atom stereocenters. The molecule has 0 bridgehead atoms. The highest BCUT2D eigenvalue weighted by molar-refractivity contribution is 7.11. The highest BCUT2D eigenvalue weighted by Gasteiger charge is 2.39. The fourth-order valence-electron chi connectivity index (χ4n) is 2.82. The van der Waals surface area contributed by atoms with Crippen molar-refractivity contribution in [2.45, 2.75) is 46.0 Å². The summed E-state index contributed by atoms with van der Waals surface area (Å²) in [5.41, 5.74) is -0.779. The van der Waals surface area contributed by atoms with Gasteiger partial charge < -0.3 is 10.0 Å². The molecule has 0 saturated carbocycles. The molecule has 2 heterocycles. The van der Waals surface area contributed by atoms with Gasteiger partial charge in [-0.2, -0.15) is 0 Å². The molecule has 0 radical (unpaired) electrons. The Balaban J connectivity index is 1.81. The summed E-state index contributed by atoms with van der Waals surface area (Å²) in [6, 6.07) is 4.22. The zero-order valence-electron chi connectivity index (χ0n) is 12.7. The van der Waals surface area contributed by atoms with E-state index in [1.807, 2.05) is 0 Å². The summed E-state index contributed by atoms with van der Waals surface area (Å²) in [6.07, 6.45) is 3.69. The Kier molecular flexibility index (Phi) is 5.04. The second-order valence-corrected chi connectivity index (χ2v) is 7.52. The van der Waals surface area contributed by atoms with E-state index in [2.05, 4.69) is 19.1 Å². The number of thiophene rings is 1. The number of nitrogens with zero attached hydrogens (tertiary/aromatic N) is 1. The van der Waals surface area contributed by atoms with Crippen LogP contribution in [-0.2, 0) is 16.0 Å². The Labute approximate surface area is 129 Å². The number of aliphatic carboxylic acids is 1. The van der Waals surface area contributed by atoms with Crippen LogP contribution < -0.4 is 0 Å². The second kappa shape index (κ2) is 6.60. The van der Waals surface area contributed by atoms with Crippen LogP contribution in [0.4, 0.5) is 0 Å². The van der Waals surface area contributed by atoms with Crippen molar-refractivity contribution in [3.8, 4) is 0 Å². The van der Waals surface area contributed by atoms with E-state index >= 15 is 0 Å². The molecule has 0 spiro atoms. The van der Waals surface area contributed by atoms with Gasteiger partial charge in [-0.15, -0.1) is 11.3 Å². The molecule has 1 fully saturated rings. The van der Waals surface area contributed by atoms with Crippen LogP contribution in [0.1, 0.15) is 42.4 Å². The van der Waals surface area contributed by atoms with Gasteiger partial charge in [0.15, 0.2) is 0 Å². The molecule has 2 rings (SSSR count). The van der Waals surface area contributed by atoms with Gasteiger partial charge in [-0.1, -0.05) is 0 Å². The summed E-state index contributed by atoms with van der Waals surface area (Å²) in [6.45, 7) is 4.86. The minimum atomic E-state index is -0.797. The van der Waals surface area contributed by atoms with E-state index in [0.29, 0.717) is 25.9 Å². The molecular weight excluding hydrogens is 286 g/mol. The second-order valence-electron chi connectivity index (χ2n) is 6.15. The minimum Gasteiger partial charge on any atom is -0.481 e. The van der Waals surface area contributed by atoms with Crippen molar-refractivity contribution in [3.63, 3.8) is 0 Å². The number of rotatable bonds is 5. The zero-order chi connectivity index (χ0) is 15.5. The molecule has 1 aromatic heterocycles. The predicted octanol–water partition coefficient (Wildman–Crippen LogP) is 3.09. The first-order valence-corrected chi connectivity index (χ1v) is 8.29. The average Bonchev–Trinajstić information content (AvgIpc) is 2.84. The number of amides is 1. The smallest absolute Gasteiger partial charge is 0.311 e. The molecule has 1 amide bonds. The average molecular weight is 309 g/mol. The Morgan fingerprint density at radius 3 is 2.81 bits per heavy atom. The quantitative estimate of drug-likeness (QED) is 0.909. The maximum atomic E-state index is 12.2. The molecular formula is C16H23NO3S. The maximum absolute atomic E-state index is 12.2. The van der Waals surface area contributed by atoms with Crippen LogP contribution in [0.2, 0.25) is 0 Å². The molecule has 1 aromatic rings. The fourth-order valence-corrected chi connectivity index (χ4v) is 3.75. The minimum absolute atomic E-state index is 0.0930. The van der Waals surface area contributed by atoms with Crippen molar-refractivity contribution in [1.29, 1.82) is 0 Å². The molecule has 116 valence electrons. The van der Waals surface area contributed by atoms with Crippen molar-refractivity contribution in [2.75, 3.05) is 13.1 Å². The monoisotopic (exact) mass is 309 g/mol. The van der Waals surface area contributed by atoms with Gasteiger partial charge in [-0.05, 0) is 51.7 Å². The van der Waals surface area contributed by atoms with Gasteiger partial charge in [0.05, 0.1) is 5.41 Å². The lowest BCUT2D eigenvalue weighted by molar-refractivity contribution is -0.153. The van der Waals surface area contributed by atoms with E-state index in [1.165, 1.54) is 9.75 Å². The lowest BCUT2D eigenvalue weighted by Crippen LogP contribution is -2.48. The SMILES string of the molecule is Cc1ccc(CCCC(=O)N2CCCC(C)(C(=O)O)C2)s1. The first-order chi connectivity index (χ1) is 9.90. The number of carbonyl (C=O) groups excluding carboxylic acids is 1. The largest absolute Gasteiger partial charge is 0.481 e. The number of hydrogen-bond acceptors (Lipinski definition) is 3. The van der Waals surface area contributed by atoms with E-state index in [-0.39, 0.29) is 5.91 Å². The van der Waals surface area contributed by atoms with E-state index in [1.54, 1.807) is 23.2 Å². The van der Waals surface area contributed by atoms with Crippen LogP contribution in [0, 0.1) is 12.3 Å². The standard InChI is InChI=1S/C16H23NO3S/c1-12-7-8-13(21-12)5-3-6-14(18)17-10-4-9-16(2,11-17)15(19)20/h7-8H,3-6,9-11H2,1-2H3,(H,19,20). The van der Waals surface area contributed by atoms with Crippen LogP contribution >= 0.6 is 11.3 Å². The summed E-state index contributed by atoms with van der Waals surface area (Å²) in [5, 5.41) is 9.29. The third-order valence-electron chi connectivity index (χ3n) is 4.18. The Morgan fingerprint density at radius 1 is 1.43 bits per heavy atom. The number of hydrogen-bond donors (Lipinski definition) is 1. The topological polar surface area (TPSA) is 57.6 Å². The predicted molar refractivity (Wildman–Crippen MR) is 83.6 cm³/mol. The van der Waals surface area contributed by atoms with Gasteiger partial charge in [0.2, 0.25) is 5.91 Å². The van der Waals surface area contributed by atoms with Gasteiger partial charge in [-0.25, -0.2) is 0 Å². The fraction of sp³-hybridized carbons (Fsp3) is 0.625. The molecule has 4 nitrogen and oxygen atoms in total. The molecule has 1 saturated heterocycles. The highest BCUT2D eigenvalue weighted by atomic mass is 32.1. The molecule has 0 aliphatic carbocycles. The van der Waals surface area contributed by atoms with E-state index in [0.717, 1.165) is 19.3 Å². The van der Waals surface area contributed by atoms with Crippen molar-refractivity contribution >= 4 is 23.2 Å². The molecule has 1 aliphatic rings. The van der Waals surface area contributed by atoms with E-state index < -0.39 is 11.4 Å². The van der Waals surface area contributed by atoms with Crippen molar-refractivity contribution in [3.05, 3.63) is 21.9 Å². The summed E-state index contributed by atoms with van der Waals surface area (Å²) in [4.78, 5) is 27.9. The molecule has 5 heteroatoms. The summed E-state index contributed by atoms with van der Waals surface area (Å²) in [7, 11) is 0. The zero-order valence-corrected chi connectivity index (χ0v) is 13.5. The van der Waals surface area contributed by atoms with Gasteiger partial charge in [0.1, 0.15) is 0 Å². The van der Waals surface area contributed by atoms with E-state index in [4.69, 9.17) is 0 Å². The van der Waals surface area contributed by atoms with E-state index in [9.17, 15) is 14.7 Å². The molecule has 1 aliphatic heterocycles. The Morgan fingerprint density at radius 2 is 2.19 bits per heavy atom. The van der Waals surface area contributed by atoms with Crippen LogP contribution in [-0.4, -0.2) is 35.0 Å². The lowest BCUT2D eigenvalue weighted by atomic mass is 9.82. The summed E-state index contributed by atoms with van der Waals surface area (Å²) >= 11 is 1.78. The van der Waals surface area contributed by atoms with Crippen molar-refractivity contribution in [1.82, 2.24) is 4.90 Å². The Bertz CT molecular complexity index is 525. The maximum Gasteiger partial charge on any atom is 0.311 e. The number of aryl methyl sites for hydroxylation is 2. The van der Waals surface area contributed by atoms with Crippen LogP contribution in [0.25, 0.3) is 0 Å². The number of carbonyl (C=O) groups is 2. The molecule has 1 unspecified atom stereocenters. The third-order valence-corrected chi connectivity index (χ3v) is 5.24.